The zero-order valence-electron chi connectivity index (χ0n) is 22.7. The second-order valence-electron chi connectivity index (χ2n) is 10.3. The molecule has 2 unspecified atom stereocenters. The summed E-state index contributed by atoms with van der Waals surface area (Å²) >= 11 is 0. The van der Waals surface area contributed by atoms with Crippen molar-refractivity contribution in [3.8, 4) is 0 Å². The van der Waals surface area contributed by atoms with Crippen LogP contribution in [0.2, 0.25) is 0 Å². The monoisotopic (exact) mass is 511 g/mol. The van der Waals surface area contributed by atoms with Gasteiger partial charge in [0.2, 0.25) is 0 Å². The van der Waals surface area contributed by atoms with E-state index in [0.29, 0.717) is 17.6 Å². The predicted molar refractivity (Wildman–Crippen MR) is 136 cm³/mol. The number of aliphatic hydroxyl groups is 1. The van der Waals surface area contributed by atoms with Crippen LogP contribution in [0, 0.1) is 0 Å². The van der Waals surface area contributed by atoms with Crippen LogP contribution < -0.4 is 4.89 Å². The Kier molecular flexibility index (Phi) is 21.0. The number of rotatable bonds is 25. The first kappa shape index (κ1) is 34.0. The van der Waals surface area contributed by atoms with Crippen molar-refractivity contribution in [1.82, 2.24) is 0 Å². The van der Waals surface area contributed by atoms with Gasteiger partial charge in [-0.2, -0.15) is 0 Å². The highest BCUT2D eigenvalue weighted by Gasteiger charge is 2.16. The van der Waals surface area contributed by atoms with Crippen molar-refractivity contribution in [3.05, 3.63) is 0 Å². The van der Waals surface area contributed by atoms with Gasteiger partial charge in [0.15, 0.2) is 0 Å². The zero-order chi connectivity index (χ0) is 25.7. The normalized spacial score (nSPS) is 15.9. The Hall–Kier alpha value is -0.0500. The summed E-state index contributed by atoms with van der Waals surface area (Å²) in [6.07, 6.45) is 15.6. The predicted octanol–water partition coefficient (Wildman–Crippen LogP) is 4.68. The number of ether oxygens (including phenoxy) is 2. The minimum atomic E-state index is -4.43. The number of unbranched alkanes of at least 4 members (excludes halogenated alkanes) is 11. The second-order valence-corrected chi connectivity index (χ2v) is 11.7. The van der Waals surface area contributed by atoms with E-state index in [9.17, 15) is 14.6 Å². The van der Waals surface area contributed by atoms with Crippen molar-refractivity contribution in [3.63, 3.8) is 0 Å². The molecule has 0 fully saturated rings. The van der Waals surface area contributed by atoms with Gasteiger partial charge in [-0.05, 0) is 6.42 Å². The molecule has 0 aromatic carbocycles. The fourth-order valence-electron chi connectivity index (χ4n) is 3.51. The van der Waals surface area contributed by atoms with E-state index in [0.717, 1.165) is 12.8 Å². The van der Waals surface area contributed by atoms with Crippen LogP contribution in [0.1, 0.15) is 90.4 Å². The molecule has 0 heterocycles. The zero-order valence-corrected chi connectivity index (χ0v) is 23.6. The molecule has 0 radical (unpaired) electrons. The molecule has 0 aliphatic heterocycles. The Morgan fingerprint density at radius 2 is 1.35 bits per heavy atom. The molecule has 0 saturated carbocycles. The lowest BCUT2D eigenvalue weighted by Crippen LogP contribution is -2.37. The number of likely N-dealkylation sites (N-methyl/N-ethyl adjacent to an activating group) is 1. The Balaban J connectivity index is 3.70. The average molecular weight is 512 g/mol. The van der Waals surface area contributed by atoms with Gasteiger partial charge in [-0.1, -0.05) is 84.0 Å². The number of phosphoric ester groups is 1. The van der Waals surface area contributed by atoms with Crippen LogP contribution in [-0.2, 0) is 23.1 Å². The molecule has 0 saturated heterocycles. The average Bonchev–Trinajstić information content (AvgIpc) is 2.76. The molecule has 206 valence electrons. The summed E-state index contributed by atoms with van der Waals surface area (Å²) in [4.78, 5) is 11.7. The Morgan fingerprint density at radius 1 is 0.824 bits per heavy atom. The third-order valence-electron chi connectivity index (χ3n) is 5.76. The van der Waals surface area contributed by atoms with Gasteiger partial charge >= 0.3 is 0 Å². The van der Waals surface area contributed by atoms with Crippen LogP contribution in [0.25, 0.3) is 0 Å². The van der Waals surface area contributed by atoms with Crippen LogP contribution in [0.3, 0.4) is 0 Å². The summed E-state index contributed by atoms with van der Waals surface area (Å²) in [6.45, 7) is 2.77. The van der Waals surface area contributed by atoms with Crippen LogP contribution >= 0.6 is 7.82 Å². The Bertz CT molecular complexity index is 502. The van der Waals surface area contributed by atoms with Gasteiger partial charge in [0.1, 0.15) is 19.3 Å². The molecule has 0 aliphatic rings. The van der Waals surface area contributed by atoms with Crippen LogP contribution in [0.5, 0.6) is 0 Å². The Morgan fingerprint density at radius 3 is 1.85 bits per heavy atom. The first-order valence-electron chi connectivity index (χ1n) is 13.3. The van der Waals surface area contributed by atoms with Crippen molar-refractivity contribution >= 4 is 7.82 Å². The molecule has 0 spiro atoms. The number of hydrogen-bond acceptors (Lipinski definition) is 7. The van der Waals surface area contributed by atoms with Gasteiger partial charge in [-0.15, -0.1) is 0 Å². The first-order valence-corrected chi connectivity index (χ1v) is 14.7. The first-order chi connectivity index (χ1) is 16.1. The highest BCUT2D eigenvalue weighted by atomic mass is 31.2. The minimum absolute atomic E-state index is 0.0167. The van der Waals surface area contributed by atoms with E-state index in [-0.39, 0.29) is 25.9 Å². The van der Waals surface area contributed by atoms with E-state index in [1.165, 1.54) is 70.6 Å². The van der Waals surface area contributed by atoms with Gasteiger partial charge in [-0.25, -0.2) is 0 Å². The summed E-state index contributed by atoms with van der Waals surface area (Å²) < 4.78 is 32.9. The van der Waals surface area contributed by atoms with Crippen LogP contribution in [0.4, 0.5) is 0 Å². The molecule has 0 bridgehead atoms. The number of methoxy groups -OCH3 is 1. The molecule has 9 heteroatoms. The maximum absolute atomic E-state index is 11.7. The molecule has 34 heavy (non-hydrogen) atoms. The second kappa shape index (κ2) is 21.1. The molecule has 0 rings (SSSR count). The summed E-state index contributed by atoms with van der Waals surface area (Å²) in [5, 5.41) is 9.93. The lowest BCUT2D eigenvalue weighted by Gasteiger charge is -2.27. The topological polar surface area (TPSA) is 97.3 Å². The van der Waals surface area contributed by atoms with E-state index in [2.05, 4.69) is 6.92 Å². The highest BCUT2D eigenvalue weighted by molar-refractivity contribution is 7.45. The van der Waals surface area contributed by atoms with E-state index in [1.54, 1.807) is 7.11 Å². The van der Waals surface area contributed by atoms with Crippen LogP contribution in [0.15, 0.2) is 0 Å². The maximum Gasteiger partial charge on any atom is 0.268 e. The summed E-state index contributed by atoms with van der Waals surface area (Å²) in [6, 6.07) is 0. The largest absolute Gasteiger partial charge is 0.756 e. The molecular formula is C25H54NO7P. The maximum atomic E-state index is 11.7. The van der Waals surface area contributed by atoms with Crippen molar-refractivity contribution < 1.29 is 37.6 Å². The van der Waals surface area contributed by atoms with E-state index < -0.39 is 13.9 Å². The molecule has 0 amide bonds. The van der Waals surface area contributed by atoms with Crippen LogP contribution in [-0.4, -0.2) is 83.0 Å². The van der Waals surface area contributed by atoms with Gasteiger partial charge < -0.3 is 33.0 Å². The highest BCUT2D eigenvalue weighted by Crippen LogP contribution is 2.38. The lowest BCUT2D eigenvalue weighted by molar-refractivity contribution is -0.870. The Labute approximate surface area is 209 Å². The molecular weight excluding hydrogens is 457 g/mol. The third-order valence-corrected chi connectivity index (χ3v) is 6.73. The quantitative estimate of drug-likeness (QED) is 0.108. The number of phosphoric acid groups is 1. The summed E-state index contributed by atoms with van der Waals surface area (Å²) in [5.74, 6) is 0. The number of hydrogen-bond donors (Lipinski definition) is 1. The van der Waals surface area contributed by atoms with Gasteiger partial charge in [-0.3, -0.25) is 4.57 Å². The molecule has 1 N–H and O–H groups in total. The summed E-state index contributed by atoms with van der Waals surface area (Å²) in [7, 11) is 3.05. The third kappa shape index (κ3) is 23.7. The van der Waals surface area contributed by atoms with Gasteiger partial charge in [0.05, 0.1) is 47.1 Å². The number of aliphatic hydroxyl groups excluding tert-OH is 1. The fourth-order valence-corrected chi connectivity index (χ4v) is 4.24. The lowest BCUT2D eigenvalue weighted by atomic mass is 10.0. The van der Waals surface area contributed by atoms with Crippen molar-refractivity contribution in [2.75, 3.05) is 61.2 Å². The molecule has 3 atom stereocenters. The van der Waals surface area contributed by atoms with E-state index in [1.807, 2.05) is 21.1 Å². The van der Waals surface area contributed by atoms with Crippen molar-refractivity contribution in [2.45, 2.75) is 103 Å². The summed E-state index contributed by atoms with van der Waals surface area (Å²) in [5.41, 5.74) is 0. The van der Waals surface area contributed by atoms with Gasteiger partial charge in [0, 0.05) is 7.11 Å². The van der Waals surface area contributed by atoms with E-state index >= 15 is 0 Å². The van der Waals surface area contributed by atoms with Crippen molar-refractivity contribution in [1.29, 1.82) is 0 Å². The smallest absolute Gasteiger partial charge is 0.268 e. The van der Waals surface area contributed by atoms with E-state index in [4.69, 9.17) is 18.5 Å². The molecule has 0 aliphatic carbocycles. The molecule has 0 aromatic rings. The standard InChI is InChI=1S/C25H54NO7P/c1-6-7-8-9-10-11-12-13-14-15-16-17-18-25(30-5)23-31-21-24(27)22-33-34(28,29)32-20-19-26(2,3)4/h24-25,27H,6-23H2,1-5H3/t24-,25?/m1/s1. The van der Waals surface area contributed by atoms with Gasteiger partial charge in [0.25, 0.3) is 7.82 Å². The SMILES string of the molecule is CCCCCCCCCCCCCCC(COC[C@@H](O)COP(=O)([O-])OCC[N+](C)(C)C)OC. The number of nitrogens with zero attached hydrogens (tertiary/aromatic N) is 1. The molecule has 8 nitrogen and oxygen atoms in total. The molecule has 0 aromatic heterocycles. The fraction of sp³-hybridized carbons (Fsp3) is 1.00. The number of quaternary nitrogens is 1. The minimum Gasteiger partial charge on any atom is -0.756 e. The van der Waals surface area contributed by atoms with Crippen molar-refractivity contribution in [2.24, 2.45) is 0 Å².